The van der Waals surface area contributed by atoms with Gasteiger partial charge in [0.1, 0.15) is 16.5 Å². The van der Waals surface area contributed by atoms with Crippen LogP contribution in [0.3, 0.4) is 0 Å². The lowest BCUT2D eigenvalue weighted by Crippen LogP contribution is -2.59. The van der Waals surface area contributed by atoms with E-state index < -0.39 is 23.2 Å². The fraction of sp³-hybridized carbons (Fsp3) is 0.364. The Morgan fingerprint density at radius 1 is 1.50 bits per heavy atom. The maximum absolute atomic E-state index is 13.0. The van der Waals surface area contributed by atoms with E-state index in [0.29, 0.717) is 12.8 Å². The van der Waals surface area contributed by atoms with Gasteiger partial charge in [-0.1, -0.05) is 11.6 Å². The standard InChI is InChI=1S/C11H10ClFN2O3/c12-8-7(4-6(13)5-14-8)9(16)15-11(10(17)18)2-1-3-11/h4-5H,1-3H2,(H,15,16)(H,17,18). The van der Waals surface area contributed by atoms with Crippen LogP contribution in [0.15, 0.2) is 12.3 Å². The third-order valence-electron chi connectivity index (χ3n) is 3.02. The van der Waals surface area contributed by atoms with Crippen LogP contribution in [0.5, 0.6) is 0 Å². The monoisotopic (exact) mass is 272 g/mol. The molecule has 2 N–H and O–H groups in total. The zero-order chi connectivity index (χ0) is 13.3. The summed E-state index contributed by atoms with van der Waals surface area (Å²) in [5, 5.41) is 11.3. The number of carbonyl (C=O) groups is 2. The van der Waals surface area contributed by atoms with Crippen molar-refractivity contribution in [2.45, 2.75) is 24.8 Å². The average Bonchev–Trinajstić information content (AvgIpc) is 2.26. The molecule has 1 amide bonds. The second-order valence-electron chi connectivity index (χ2n) is 4.19. The van der Waals surface area contributed by atoms with E-state index in [9.17, 15) is 14.0 Å². The van der Waals surface area contributed by atoms with Gasteiger partial charge in [0.05, 0.1) is 11.8 Å². The quantitative estimate of drug-likeness (QED) is 0.820. The number of halogens is 2. The number of hydrogen-bond donors (Lipinski definition) is 2. The van der Waals surface area contributed by atoms with Crippen molar-refractivity contribution in [3.63, 3.8) is 0 Å². The highest BCUT2D eigenvalue weighted by atomic mass is 35.5. The molecule has 1 fully saturated rings. The third-order valence-corrected chi connectivity index (χ3v) is 3.32. The Morgan fingerprint density at radius 2 is 2.17 bits per heavy atom. The molecule has 0 aromatic carbocycles. The van der Waals surface area contributed by atoms with Crippen LogP contribution in [0.25, 0.3) is 0 Å². The number of hydrogen-bond acceptors (Lipinski definition) is 3. The molecule has 7 heteroatoms. The number of amides is 1. The summed E-state index contributed by atoms with van der Waals surface area (Å²) >= 11 is 5.67. The van der Waals surface area contributed by atoms with Crippen molar-refractivity contribution in [3.05, 3.63) is 28.8 Å². The van der Waals surface area contributed by atoms with E-state index in [0.717, 1.165) is 18.7 Å². The number of aliphatic carboxylic acids is 1. The van der Waals surface area contributed by atoms with E-state index in [4.69, 9.17) is 16.7 Å². The molecule has 0 radical (unpaired) electrons. The molecule has 0 unspecified atom stereocenters. The summed E-state index contributed by atoms with van der Waals surface area (Å²) in [7, 11) is 0. The molecule has 1 aromatic rings. The van der Waals surface area contributed by atoms with Gasteiger partial charge in [0, 0.05) is 0 Å². The largest absolute Gasteiger partial charge is 0.480 e. The zero-order valence-electron chi connectivity index (χ0n) is 9.24. The molecule has 96 valence electrons. The van der Waals surface area contributed by atoms with Gasteiger partial charge >= 0.3 is 5.97 Å². The Bertz CT molecular complexity index is 517. The first-order valence-electron chi connectivity index (χ1n) is 5.31. The van der Waals surface area contributed by atoms with Gasteiger partial charge in [-0.3, -0.25) is 4.79 Å². The molecule has 0 spiro atoms. The Labute approximate surface area is 107 Å². The Balaban J connectivity index is 2.22. The Kier molecular flexibility index (Phi) is 3.21. The van der Waals surface area contributed by atoms with Crippen molar-refractivity contribution in [1.82, 2.24) is 10.3 Å². The zero-order valence-corrected chi connectivity index (χ0v) is 10.00. The van der Waals surface area contributed by atoms with Gasteiger partial charge in [-0.05, 0) is 25.3 Å². The molecule has 5 nitrogen and oxygen atoms in total. The third kappa shape index (κ3) is 2.15. The molecule has 18 heavy (non-hydrogen) atoms. The highest BCUT2D eigenvalue weighted by Crippen LogP contribution is 2.32. The molecular formula is C11H10ClFN2O3. The minimum absolute atomic E-state index is 0.159. The molecule has 1 saturated carbocycles. The van der Waals surface area contributed by atoms with Crippen molar-refractivity contribution in [3.8, 4) is 0 Å². The number of carboxylic acids is 1. The van der Waals surface area contributed by atoms with Crippen LogP contribution in [0.1, 0.15) is 29.6 Å². The second kappa shape index (κ2) is 4.53. The van der Waals surface area contributed by atoms with Crippen LogP contribution in [-0.2, 0) is 4.79 Å². The lowest BCUT2D eigenvalue weighted by Gasteiger charge is -2.38. The highest BCUT2D eigenvalue weighted by Gasteiger charge is 2.46. The van der Waals surface area contributed by atoms with Crippen LogP contribution in [0.2, 0.25) is 5.15 Å². The van der Waals surface area contributed by atoms with Gasteiger partial charge in [-0.25, -0.2) is 14.2 Å². The number of aromatic nitrogens is 1. The van der Waals surface area contributed by atoms with Gasteiger partial charge in [-0.2, -0.15) is 0 Å². The number of nitrogens with zero attached hydrogens (tertiary/aromatic N) is 1. The lowest BCUT2D eigenvalue weighted by atomic mass is 9.76. The predicted octanol–water partition coefficient (Wildman–Crippen LogP) is 1.61. The van der Waals surface area contributed by atoms with E-state index in [2.05, 4.69) is 10.3 Å². The Hall–Kier alpha value is -1.69. The second-order valence-corrected chi connectivity index (χ2v) is 4.54. The van der Waals surface area contributed by atoms with E-state index in [1.54, 1.807) is 0 Å². The maximum atomic E-state index is 13.0. The molecule has 1 aliphatic rings. The van der Waals surface area contributed by atoms with Gasteiger partial charge in [0.2, 0.25) is 0 Å². The average molecular weight is 273 g/mol. The summed E-state index contributed by atoms with van der Waals surface area (Å²) in [5.41, 5.74) is -1.42. The van der Waals surface area contributed by atoms with Crippen molar-refractivity contribution in [2.24, 2.45) is 0 Å². The number of rotatable bonds is 3. The number of carboxylic acid groups (broad SMARTS) is 1. The molecule has 2 rings (SSSR count). The molecule has 0 atom stereocenters. The van der Waals surface area contributed by atoms with Crippen molar-refractivity contribution in [2.75, 3.05) is 0 Å². The first-order valence-corrected chi connectivity index (χ1v) is 5.69. The first kappa shape index (κ1) is 12.8. The summed E-state index contributed by atoms with van der Waals surface area (Å²) in [6.07, 6.45) is 2.32. The van der Waals surface area contributed by atoms with Crippen LogP contribution < -0.4 is 5.32 Å². The molecular weight excluding hydrogens is 263 g/mol. The fourth-order valence-corrected chi connectivity index (χ4v) is 1.98. The van der Waals surface area contributed by atoms with E-state index >= 15 is 0 Å². The molecule has 0 bridgehead atoms. The van der Waals surface area contributed by atoms with Crippen molar-refractivity contribution >= 4 is 23.5 Å². The molecule has 0 saturated heterocycles. The summed E-state index contributed by atoms with van der Waals surface area (Å²) in [6, 6.07) is 0.929. The summed E-state index contributed by atoms with van der Waals surface area (Å²) in [5.74, 6) is -2.53. The number of pyridine rings is 1. The summed E-state index contributed by atoms with van der Waals surface area (Å²) in [6.45, 7) is 0. The summed E-state index contributed by atoms with van der Waals surface area (Å²) < 4.78 is 13.0. The minimum Gasteiger partial charge on any atom is -0.480 e. The highest BCUT2D eigenvalue weighted by molar-refractivity contribution is 6.32. The first-order chi connectivity index (χ1) is 8.44. The molecule has 0 aliphatic heterocycles. The van der Waals surface area contributed by atoms with Gasteiger partial charge in [-0.15, -0.1) is 0 Å². The Morgan fingerprint density at radius 3 is 2.67 bits per heavy atom. The normalized spacial score (nSPS) is 16.8. The van der Waals surface area contributed by atoms with E-state index in [1.165, 1.54) is 0 Å². The van der Waals surface area contributed by atoms with E-state index in [-0.39, 0.29) is 10.7 Å². The maximum Gasteiger partial charge on any atom is 0.329 e. The lowest BCUT2D eigenvalue weighted by molar-refractivity contribution is -0.148. The van der Waals surface area contributed by atoms with Gasteiger partial charge in [0.15, 0.2) is 0 Å². The smallest absolute Gasteiger partial charge is 0.329 e. The predicted molar refractivity (Wildman–Crippen MR) is 60.9 cm³/mol. The topological polar surface area (TPSA) is 79.3 Å². The molecule has 1 heterocycles. The fourth-order valence-electron chi connectivity index (χ4n) is 1.79. The van der Waals surface area contributed by atoms with Gasteiger partial charge < -0.3 is 10.4 Å². The molecule has 1 aliphatic carbocycles. The minimum atomic E-state index is -1.26. The summed E-state index contributed by atoms with van der Waals surface area (Å²) in [4.78, 5) is 26.5. The van der Waals surface area contributed by atoms with E-state index in [1.807, 2.05) is 0 Å². The number of carbonyl (C=O) groups excluding carboxylic acids is 1. The van der Waals surface area contributed by atoms with Crippen molar-refractivity contribution in [1.29, 1.82) is 0 Å². The van der Waals surface area contributed by atoms with Crippen LogP contribution in [-0.4, -0.2) is 27.5 Å². The van der Waals surface area contributed by atoms with Crippen LogP contribution >= 0.6 is 11.6 Å². The van der Waals surface area contributed by atoms with Crippen molar-refractivity contribution < 1.29 is 19.1 Å². The number of nitrogens with one attached hydrogen (secondary N) is 1. The van der Waals surface area contributed by atoms with Crippen LogP contribution in [0, 0.1) is 5.82 Å². The SMILES string of the molecule is O=C(NC1(C(=O)O)CCC1)c1cc(F)cnc1Cl. The van der Waals surface area contributed by atoms with Crippen LogP contribution in [0.4, 0.5) is 4.39 Å². The molecule has 1 aromatic heterocycles. The van der Waals surface area contributed by atoms with Gasteiger partial charge in [0.25, 0.3) is 5.91 Å².